The van der Waals surface area contributed by atoms with E-state index in [4.69, 9.17) is 11.6 Å². The molecule has 1 fully saturated rings. The zero-order valence-corrected chi connectivity index (χ0v) is 22.8. The van der Waals surface area contributed by atoms with Crippen LogP contribution in [0.5, 0.6) is 0 Å². The number of nitrogens with zero attached hydrogens (tertiary/aromatic N) is 2. The van der Waals surface area contributed by atoms with Crippen LogP contribution in [0.4, 0.5) is 5.69 Å². The molecule has 0 saturated heterocycles. The topological polar surface area (TPSA) is 86.8 Å². The summed E-state index contributed by atoms with van der Waals surface area (Å²) in [4.78, 5) is 28.5. The molecule has 1 atom stereocenters. The summed E-state index contributed by atoms with van der Waals surface area (Å²) >= 11 is 6.40. The maximum absolute atomic E-state index is 13.8. The molecular formula is C27H36ClN3O4S. The Hall–Kier alpha value is -2.58. The normalized spacial score (nSPS) is 14.9. The molecular weight excluding hydrogens is 498 g/mol. The zero-order valence-electron chi connectivity index (χ0n) is 21.2. The van der Waals surface area contributed by atoms with Gasteiger partial charge in [-0.1, -0.05) is 68.6 Å². The average molecular weight is 534 g/mol. The molecule has 2 aromatic rings. The van der Waals surface area contributed by atoms with E-state index in [2.05, 4.69) is 5.32 Å². The lowest BCUT2D eigenvalue weighted by Crippen LogP contribution is -2.53. The Morgan fingerprint density at radius 2 is 1.69 bits per heavy atom. The highest BCUT2D eigenvalue weighted by atomic mass is 35.5. The SMILES string of the molecule is CCc1ccc(N(CC(=O)N(Cc2ccccc2Cl)[C@@H](CC)C(=O)NC2CCCC2)S(C)(=O)=O)cc1. The number of aryl methyl sites for hydroxylation is 1. The summed E-state index contributed by atoms with van der Waals surface area (Å²) in [5, 5.41) is 3.58. The minimum atomic E-state index is -3.76. The van der Waals surface area contributed by atoms with Crippen molar-refractivity contribution in [2.45, 2.75) is 71.0 Å². The Labute approximate surface area is 219 Å². The second kappa shape index (κ2) is 12.6. The predicted octanol–water partition coefficient (Wildman–Crippen LogP) is 4.53. The van der Waals surface area contributed by atoms with Crippen LogP contribution < -0.4 is 9.62 Å². The van der Waals surface area contributed by atoms with Gasteiger partial charge < -0.3 is 10.2 Å². The number of hydrogen-bond acceptors (Lipinski definition) is 4. The second-order valence-electron chi connectivity index (χ2n) is 9.32. The van der Waals surface area contributed by atoms with E-state index in [-0.39, 0.29) is 18.5 Å². The van der Waals surface area contributed by atoms with Gasteiger partial charge in [-0.05, 0) is 55.0 Å². The predicted molar refractivity (Wildman–Crippen MR) is 144 cm³/mol. The molecule has 7 nitrogen and oxygen atoms in total. The number of halogens is 1. The van der Waals surface area contributed by atoms with Gasteiger partial charge in [-0.25, -0.2) is 8.42 Å². The van der Waals surface area contributed by atoms with Crippen LogP contribution in [-0.2, 0) is 32.6 Å². The summed E-state index contributed by atoms with van der Waals surface area (Å²) in [5.41, 5.74) is 2.16. The summed E-state index contributed by atoms with van der Waals surface area (Å²) in [5.74, 6) is -0.684. The summed E-state index contributed by atoms with van der Waals surface area (Å²) in [7, 11) is -3.76. The molecule has 1 aliphatic rings. The molecule has 0 unspecified atom stereocenters. The lowest BCUT2D eigenvalue weighted by molar-refractivity contribution is -0.140. The molecule has 2 aromatic carbocycles. The van der Waals surface area contributed by atoms with Crippen LogP contribution >= 0.6 is 11.6 Å². The molecule has 0 radical (unpaired) electrons. The molecule has 0 spiro atoms. The van der Waals surface area contributed by atoms with Gasteiger partial charge in [-0.3, -0.25) is 13.9 Å². The molecule has 1 aliphatic carbocycles. The number of sulfonamides is 1. The molecule has 9 heteroatoms. The lowest BCUT2D eigenvalue weighted by Gasteiger charge is -2.33. The first-order chi connectivity index (χ1) is 17.1. The van der Waals surface area contributed by atoms with Gasteiger partial charge in [0, 0.05) is 17.6 Å². The Bertz CT molecular complexity index is 1150. The third-order valence-corrected chi connectivity index (χ3v) is 8.21. The van der Waals surface area contributed by atoms with Crippen molar-refractivity contribution >= 4 is 39.1 Å². The van der Waals surface area contributed by atoms with Crippen molar-refractivity contribution in [3.63, 3.8) is 0 Å². The van der Waals surface area contributed by atoms with E-state index < -0.39 is 28.5 Å². The van der Waals surface area contributed by atoms with E-state index in [0.29, 0.717) is 22.7 Å². The number of amides is 2. The van der Waals surface area contributed by atoms with Crippen LogP contribution in [0.25, 0.3) is 0 Å². The highest BCUT2D eigenvalue weighted by Crippen LogP contribution is 2.24. The van der Waals surface area contributed by atoms with E-state index in [1.807, 2.05) is 38.1 Å². The number of rotatable bonds is 11. The summed E-state index contributed by atoms with van der Waals surface area (Å²) < 4.78 is 26.5. The number of carbonyl (C=O) groups is 2. The highest BCUT2D eigenvalue weighted by molar-refractivity contribution is 7.92. The van der Waals surface area contributed by atoms with Gasteiger partial charge >= 0.3 is 0 Å². The zero-order chi connectivity index (χ0) is 26.3. The molecule has 3 rings (SSSR count). The molecule has 2 amide bonds. The quantitative estimate of drug-likeness (QED) is 0.459. The Kier molecular flexibility index (Phi) is 9.79. The van der Waals surface area contributed by atoms with E-state index >= 15 is 0 Å². The fraction of sp³-hybridized carbons (Fsp3) is 0.481. The van der Waals surface area contributed by atoms with Crippen LogP contribution in [0.15, 0.2) is 48.5 Å². The number of hydrogen-bond donors (Lipinski definition) is 1. The first-order valence-corrected chi connectivity index (χ1v) is 14.8. The molecule has 1 N–H and O–H groups in total. The number of nitrogens with one attached hydrogen (secondary N) is 1. The molecule has 36 heavy (non-hydrogen) atoms. The number of carbonyl (C=O) groups excluding carboxylic acids is 2. The monoisotopic (exact) mass is 533 g/mol. The molecule has 0 heterocycles. The molecule has 196 valence electrons. The van der Waals surface area contributed by atoms with Crippen LogP contribution in [0, 0.1) is 0 Å². The first kappa shape index (κ1) is 28.0. The summed E-state index contributed by atoms with van der Waals surface area (Å²) in [6.45, 7) is 3.55. The van der Waals surface area contributed by atoms with Crippen molar-refractivity contribution in [3.8, 4) is 0 Å². The standard InChI is InChI=1S/C27H36ClN3O4S/c1-4-20-14-16-23(17-15-20)31(36(3,34)35)19-26(32)30(18-21-10-6-9-13-24(21)28)25(5-2)27(33)29-22-11-7-8-12-22/h6,9-10,13-17,22,25H,4-5,7-8,11-12,18-19H2,1-3H3,(H,29,33)/t25-/m0/s1. The fourth-order valence-electron chi connectivity index (χ4n) is 4.61. The molecule has 1 saturated carbocycles. The van der Waals surface area contributed by atoms with Gasteiger partial charge in [-0.15, -0.1) is 0 Å². The van der Waals surface area contributed by atoms with Crippen molar-refractivity contribution in [2.75, 3.05) is 17.1 Å². The lowest BCUT2D eigenvalue weighted by atomic mass is 10.1. The van der Waals surface area contributed by atoms with Gasteiger partial charge in [0.25, 0.3) is 0 Å². The van der Waals surface area contributed by atoms with Gasteiger partial charge in [0.05, 0.1) is 11.9 Å². The van der Waals surface area contributed by atoms with Crippen molar-refractivity contribution in [3.05, 3.63) is 64.7 Å². The smallest absolute Gasteiger partial charge is 0.244 e. The second-order valence-corrected chi connectivity index (χ2v) is 11.6. The maximum Gasteiger partial charge on any atom is 0.244 e. The minimum absolute atomic E-state index is 0.0987. The maximum atomic E-state index is 13.8. The van der Waals surface area contributed by atoms with Crippen molar-refractivity contribution in [1.82, 2.24) is 10.2 Å². The molecule has 0 aliphatic heterocycles. The third kappa shape index (κ3) is 7.23. The Morgan fingerprint density at radius 1 is 1.06 bits per heavy atom. The Balaban J connectivity index is 1.92. The van der Waals surface area contributed by atoms with Crippen LogP contribution in [-0.4, -0.2) is 50.0 Å². The molecule has 0 bridgehead atoms. The first-order valence-electron chi connectivity index (χ1n) is 12.5. The number of anilines is 1. The average Bonchev–Trinajstić information content (AvgIpc) is 3.36. The Morgan fingerprint density at radius 3 is 2.25 bits per heavy atom. The molecule has 0 aromatic heterocycles. The van der Waals surface area contributed by atoms with Crippen molar-refractivity contribution < 1.29 is 18.0 Å². The number of benzene rings is 2. The van der Waals surface area contributed by atoms with Crippen LogP contribution in [0.1, 0.15) is 57.1 Å². The van der Waals surface area contributed by atoms with Gasteiger partial charge in [0.15, 0.2) is 0 Å². The van der Waals surface area contributed by atoms with E-state index in [0.717, 1.165) is 48.2 Å². The van der Waals surface area contributed by atoms with E-state index in [9.17, 15) is 18.0 Å². The van der Waals surface area contributed by atoms with Crippen LogP contribution in [0.3, 0.4) is 0 Å². The van der Waals surface area contributed by atoms with Crippen LogP contribution in [0.2, 0.25) is 5.02 Å². The van der Waals surface area contributed by atoms with Crippen molar-refractivity contribution in [2.24, 2.45) is 0 Å². The van der Waals surface area contributed by atoms with Gasteiger partial charge in [-0.2, -0.15) is 0 Å². The van der Waals surface area contributed by atoms with E-state index in [1.165, 1.54) is 4.90 Å². The van der Waals surface area contributed by atoms with Gasteiger partial charge in [0.2, 0.25) is 21.8 Å². The third-order valence-electron chi connectivity index (χ3n) is 6.70. The van der Waals surface area contributed by atoms with Crippen molar-refractivity contribution in [1.29, 1.82) is 0 Å². The highest BCUT2D eigenvalue weighted by Gasteiger charge is 2.33. The largest absolute Gasteiger partial charge is 0.352 e. The van der Waals surface area contributed by atoms with Gasteiger partial charge in [0.1, 0.15) is 12.6 Å². The fourth-order valence-corrected chi connectivity index (χ4v) is 5.65. The van der Waals surface area contributed by atoms with E-state index in [1.54, 1.807) is 24.3 Å². The summed E-state index contributed by atoms with van der Waals surface area (Å²) in [6.07, 6.45) is 6.29. The minimum Gasteiger partial charge on any atom is -0.352 e. The summed E-state index contributed by atoms with van der Waals surface area (Å²) in [6, 6.07) is 13.6.